The molecule has 0 nitrogen and oxygen atoms in total. The molecule has 20 heavy (non-hydrogen) atoms. The van der Waals surface area contributed by atoms with E-state index in [1.165, 1.54) is 16.3 Å². The first-order valence-electron chi connectivity index (χ1n) is 6.22. The molecule has 0 saturated carbocycles. The molecule has 0 amide bonds. The van der Waals surface area contributed by atoms with Gasteiger partial charge in [-0.1, -0.05) is 75.5 Å². The number of benzene rings is 3. The van der Waals surface area contributed by atoms with Gasteiger partial charge in [-0.05, 0) is 40.1 Å². The van der Waals surface area contributed by atoms with E-state index in [-0.39, 0.29) is 0 Å². The predicted molar refractivity (Wildman–Crippen MR) is 92.0 cm³/mol. The van der Waals surface area contributed by atoms with Crippen molar-refractivity contribution in [2.75, 3.05) is 0 Å². The van der Waals surface area contributed by atoms with E-state index >= 15 is 0 Å². The van der Waals surface area contributed by atoms with Crippen molar-refractivity contribution in [2.24, 2.45) is 0 Å². The largest absolute Gasteiger partial charge is 0.0876 e. The molecule has 3 rings (SSSR count). The minimum atomic E-state index is 0.675. The molecular weight excluding hydrogens is 355 g/mol. The third-order valence-corrected chi connectivity index (χ3v) is 4.59. The van der Waals surface area contributed by atoms with E-state index in [0.29, 0.717) is 10.0 Å². The van der Waals surface area contributed by atoms with E-state index in [1.807, 2.05) is 18.2 Å². The van der Waals surface area contributed by atoms with Crippen molar-refractivity contribution in [3.8, 4) is 11.1 Å². The Morgan fingerprint density at radius 3 is 2.15 bits per heavy atom. The van der Waals surface area contributed by atoms with E-state index in [0.717, 1.165) is 16.5 Å². The topological polar surface area (TPSA) is 0 Å². The van der Waals surface area contributed by atoms with Gasteiger partial charge < -0.3 is 0 Å². The second-order valence-electron chi connectivity index (χ2n) is 4.63. The van der Waals surface area contributed by atoms with Crippen molar-refractivity contribution in [1.29, 1.82) is 0 Å². The Morgan fingerprint density at radius 2 is 1.45 bits per heavy atom. The third-order valence-electron chi connectivity index (χ3n) is 3.31. The van der Waals surface area contributed by atoms with E-state index in [4.69, 9.17) is 23.2 Å². The van der Waals surface area contributed by atoms with Crippen LogP contribution in [0.3, 0.4) is 0 Å². The number of rotatable bonds is 2. The molecule has 0 aromatic heterocycles. The van der Waals surface area contributed by atoms with Crippen molar-refractivity contribution in [3.05, 3.63) is 70.2 Å². The molecule has 0 aliphatic rings. The molecule has 0 N–H and O–H groups in total. The number of hydrogen-bond acceptors (Lipinski definition) is 0. The maximum atomic E-state index is 6.27. The zero-order chi connectivity index (χ0) is 14.1. The normalized spacial score (nSPS) is 10.9. The zero-order valence-electron chi connectivity index (χ0n) is 10.5. The minimum Gasteiger partial charge on any atom is -0.0876 e. The Hall–Kier alpha value is -1.02. The molecule has 0 atom stereocenters. The third kappa shape index (κ3) is 2.58. The van der Waals surface area contributed by atoms with Gasteiger partial charge >= 0.3 is 0 Å². The zero-order valence-corrected chi connectivity index (χ0v) is 13.6. The lowest BCUT2D eigenvalue weighted by Gasteiger charge is -2.09. The Balaban J connectivity index is 2.18. The van der Waals surface area contributed by atoms with Crippen LogP contribution in [0.1, 0.15) is 5.56 Å². The van der Waals surface area contributed by atoms with E-state index in [2.05, 4.69) is 52.3 Å². The molecule has 0 aliphatic carbocycles. The molecule has 0 heterocycles. The van der Waals surface area contributed by atoms with Crippen LogP contribution in [0.5, 0.6) is 0 Å². The van der Waals surface area contributed by atoms with Crippen LogP contribution >= 0.6 is 39.1 Å². The van der Waals surface area contributed by atoms with Gasteiger partial charge in [0.2, 0.25) is 0 Å². The van der Waals surface area contributed by atoms with Gasteiger partial charge in [0.05, 0.1) is 0 Å². The second kappa shape index (κ2) is 5.77. The van der Waals surface area contributed by atoms with E-state index in [9.17, 15) is 0 Å². The van der Waals surface area contributed by atoms with Gasteiger partial charge in [0.15, 0.2) is 0 Å². The Labute approximate surface area is 136 Å². The van der Waals surface area contributed by atoms with Crippen molar-refractivity contribution in [3.63, 3.8) is 0 Å². The highest BCUT2D eigenvalue weighted by Gasteiger charge is 2.08. The van der Waals surface area contributed by atoms with Crippen molar-refractivity contribution >= 4 is 49.9 Å². The molecule has 0 saturated heterocycles. The summed E-state index contributed by atoms with van der Waals surface area (Å²) >= 11 is 16.0. The highest BCUT2D eigenvalue weighted by molar-refractivity contribution is 9.08. The predicted octanol–water partition coefficient (Wildman–Crippen LogP) is 6.71. The molecule has 0 aliphatic heterocycles. The SMILES string of the molecule is Clc1cccc(Cl)c1-c1ccc2cc(CBr)ccc2c1. The summed E-state index contributed by atoms with van der Waals surface area (Å²) in [6, 6.07) is 18.3. The fourth-order valence-electron chi connectivity index (χ4n) is 2.31. The molecule has 0 bridgehead atoms. The van der Waals surface area contributed by atoms with Gasteiger partial charge in [-0.3, -0.25) is 0 Å². The van der Waals surface area contributed by atoms with Crippen LogP contribution in [-0.4, -0.2) is 0 Å². The molecule has 0 unspecified atom stereocenters. The van der Waals surface area contributed by atoms with Crippen LogP contribution in [0.15, 0.2) is 54.6 Å². The van der Waals surface area contributed by atoms with Crippen molar-refractivity contribution in [2.45, 2.75) is 5.33 Å². The monoisotopic (exact) mass is 364 g/mol. The minimum absolute atomic E-state index is 0.675. The lowest BCUT2D eigenvalue weighted by atomic mass is 10.00. The Bertz CT molecular complexity index is 761. The maximum absolute atomic E-state index is 6.27. The highest BCUT2D eigenvalue weighted by Crippen LogP contribution is 2.36. The van der Waals surface area contributed by atoms with Crippen LogP contribution < -0.4 is 0 Å². The number of halogens is 3. The summed E-state index contributed by atoms with van der Waals surface area (Å²) in [4.78, 5) is 0. The molecule has 0 radical (unpaired) electrons. The quantitative estimate of drug-likeness (QED) is 0.442. The first-order valence-corrected chi connectivity index (χ1v) is 8.10. The van der Waals surface area contributed by atoms with Crippen LogP contribution in [0.25, 0.3) is 21.9 Å². The first-order chi connectivity index (χ1) is 9.69. The molecule has 3 aromatic carbocycles. The van der Waals surface area contributed by atoms with Gasteiger partial charge in [0, 0.05) is 20.9 Å². The second-order valence-corrected chi connectivity index (χ2v) is 6.00. The summed E-state index contributed by atoms with van der Waals surface area (Å²) in [5.41, 5.74) is 3.20. The summed E-state index contributed by atoms with van der Waals surface area (Å²) < 4.78 is 0. The standard InChI is InChI=1S/C17H11BrCl2/c18-10-11-4-5-13-9-14(7-6-12(13)8-11)17-15(19)2-1-3-16(17)20/h1-9H,10H2. The Morgan fingerprint density at radius 1 is 0.800 bits per heavy atom. The number of fused-ring (bicyclic) bond motifs is 1. The van der Waals surface area contributed by atoms with Gasteiger partial charge in [-0.15, -0.1) is 0 Å². The van der Waals surface area contributed by atoms with Gasteiger partial charge in [0.1, 0.15) is 0 Å². The van der Waals surface area contributed by atoms with Gasteiger partial charge in [0.25, 0.3) is 0 Å². The Kier molecular flexibility index (Phi) is 4.02. The van der Waals surface area contributed by atoms with Crippen molar-refractivity contribution in [1.82, 2.24) is 0 Å². The van der Waals surface area contributed by atoms with Gasteiger partial charge in [-0.25, -0.2) is 0 Å². The fourth-order valence-corrected chi connectivity index (χ4v) is 3.27. The highest BCUT2D eigenvalue weighted by atomic mass is 79.9. The fraction of sp³-hybridized carbons (Fsp3) is 0.0588. The molecule has 3 aromatic rings. The van der Waals surface area contributed by atoms with Crippen LogP contribution in [-0.2, 0) is 5.33 Å². The number of hydrogen-bond donors (Lipinski definition) is 0. The lowest BCUT2D eigenvalue weighted by molar-refractivity contribution is 1.46. The average Bonchev–Trinajstić information content (AvgIpc) is 2.46. The summed E-state index contributed by atoms with van der Waals surface area (Å²) in [5, 5.41) is 4.61. The van der Waals surface area contributed by atoms with E-state index < -0.39 is 0 Å². The molecule has 0 spiro atoms. The number of alkyl halides is 1. The summed E-state index contributed by atoms with van der Waals surface area (Å²) in [6.45, 7) is 0. The maximum Gasteiger partial charge on any atom is 0.0499 e. The average molecular weight is 366 g/mol. The molecule has 3 heteroatoms. The molecular formula is C17H11BrCl2. The van der Waals surface area contributed by atoms with Crippen molar-refractivity contribution < 1.29 is 0 Å². The summed E-state index contributed by atoms with van der Waals surface area (Å²) in [6.07, 6.45) is 0. The van der Waals surface area contributed by atoms with Crippen LogP contribution in [0, 0.1) is 0 Å². The lowest BCUT2D eigenvalue weighted by Crippen LogP contribution is -1.84. The molecule has 0 fully saturated rings. The summed E-state index contributed by atoms with van der Waals surface area (Å²) in [7, 11) is 0. The summed E-state index contributed by atoms with van der Waals surface area (Å²) in [5.74, 6) is 0. The first kappa shape index (κ1) is 13.9. The molecule has 100 valence electrons. The van der Waals surface area contributed by atoms with Crippen LogP contribution in [0.4, 0.5) is 0 Å². The smallest absolute Gasteiger partial charge is 0.0499 e. The van der Waals surface area contributed by atoms with Crippen LogP contribution in [0.2, 0.25) is 10.0 Å². The van der Waals surface area contributed by atoms with Gasteiger partial charge in [-0.2, -0.15) is 0 Å². The van der Waals surface area contributed by atoms with E-state index in [1.54, 1.807) is 0 Å².